The highest BCUT2D eigenvalue weighted by Crippen LogP contribution is 2.20. The minimum absolute atomic E-state index is 0.189. The summed E-state index contributed by atoms with van der Waals surface area (Å²) in [5, 5.41) is 3.39. The van der Waals surface area contributed by atoms with Gasteiger partial charge in [-0.3, -0.25) is 0 Å². The van der Waals surface area contributed by atoms with Crippen LogP contribution in [0.2, 0.25) is 0 Å². The molecule has 21 heavy (non-hydrogen) atoms. The summed E-state index contributed by atoms with van der Waals surface area (Å²) in [5.74, 6) is 1.86. The van der Waals surface area contributed by atoms with Gasteiger partial charge in [0.05, 0.1) is 0 Å². The zero-order valence-electron chi connectivity index (χ0n) is 14.2. The van der Waals surface area contributed by atoms with Gasteiger partial charge in [0.2, 0.25) is 0 Å². The summed E-state index contributed by atoms with van der Waals surface area (Å²) in [6.07, 6.45) is -0.299. The van der Waals surface area contributed by atoms with Crippen molar-refractivity contribution in [3.63, 3.8) is 0 Å². The summed E-state index contributed by atoms with van der Waals surface area (Å²) in [6.45, 7) is 12.9. The van der Waals surface area contributed by atoms with Gasteiger partial charge in [0.15, 0.2) is 0 Å². The molecule has 120 valence electrons. The number of likely N-dealkylation sites (N-methyl/N-ethyl adjacent to an activating group) is 1. The van der Waals surface area contributed by atoms with E-state index in [-0.39, 0.29) is 12.1 Å². The average Bonchev–Trinajstić information content (AvgIpc) is 2.66. The van der Waals surface area contributed by atoms with Crippen molar-refractivity contribution < 1.29 is 13.9 Å². The van der Waals surface area contributed by atoms with E-state index in [0.717, 1.165) is 17.1 Å². The number of nitrogens with one attached hydrogen (secondary N) is 1. The first-order chi connectivity index (χ1) is 9.60. The Morgan fingerprint density at radius 1 is 1.43 bits per heavy atom. The van der Waals surface area contributed by atoms with Gasteiger partial charge < -0.3 is 19.4 Å². The lowest BCUT2D eigenvalue weighted by Crippen LogP contribution is -2.38. The number of nitrogens with zero attached hydrogens (tertiary/aromatic N) is 1. The summed E-state index contributed by atoms with van der Waals surface area (Å²) < 4.78 is 10.8. The maximum atomic E-state index is 11.8. The summed E-state index contributed by atoms with van der Waals surface area (Å²) in [4.78, 5) is 13.4. The molecule has 0 radical (unpaired) electrons. The molecule has 0 aliphatic rings. The van der Waals surface area contributed by atoms with Crippen LogP contribution < -0.4 is 5.32 Å². The van der Waals surface area contributed by atoms with E-state index in [9.17, 15) is 4.79 Å². The second-order valence-electron chi connectivity index (χ2n) is 6.45. The Balaban J connectivity index is 2.39. The van der Waals surface area contributed by atoms with Crippen molar-refractivity contribution in [3.8, 4) is 0 Å². The fraction of sp³-hybridized carbons (Fsp3) is 0.688. The van der Waals surface area contributed by atoms with Gasteiger partial charge in [0.1, 0.15) is 17.1 Å². The molecular weight excluding hydrogens is 268 g/mol. The molecular formula is C16H28N2O3. The van der Waals surface area contributed by atoms with E-state index in [1.54, 1.807) is 11.9 Å². The normalized spacial score (nSPS) is 13.1. The lowest BCUT2D eigenvalue weighted by Gasteiger charge is -2.25. The molecule has 0 aliphatic carbocycles. The molecule has 1 N–H and O–H groups in total. The van der Waals surface area contributed by atoms with Gasteiger partial charge >= 0.3 is 6.09 Å². The first kappa shape index (κ1) is 17.6. The van der Waals surface area contributed by atoms with Crippen LogP contribution in [-0.2, 0) is 4.74 Å². The first-order valence-electron chi connectivity index (χ1n) is 7.34. The number of amides is 1. The summed E-state index contributed by atoms with van der Waals surface area (Å²) in [6, 6.07) is 2.24. The number of ether oxygens (including phenoxy) is 1. The summed E-state index contributed by atoms with van der Waals surface area (Å²) >= 11 is 0. The Labute approximate surface area is 127 Å². The van der Waals surface area contributed by atoms with Crippen molar-refractivity contribution in [2.45, 2.75) is 53.2 Å². The molecule has 0 bridgehead atoms. The number of rotatable bonds is 5. The van der Waals surface area contributed by atoms with E-state index >= 15 is 0 Å². The van der Waals surface area contributed by atoms with Gasteiger partial charge in [-0.05, 0) is 47.6 Å². The van der Waals surface area contributed by atoms with E-state index in [1.165, 1.54) is 0 Å². The van der Waals surface area contributed by atoms with E-state index in [4.69, 9.17) is 9.15 Å². The highest BCUT2D eigenvalue weighted by Gasteiger charge is 2.19. The average molecular weight is 296 g/mol. The Morgan fingerprint density at radius 3 is 2.52 bits per heavy atom. The van der Waals surface area contributed by atoms with Gasteiger partial charge in [0, 0.05) is 31.7 Å². The van der Waals surface area contributed by atoms with Crippen LogP contribution in [0.25, 0.3) is 0 Å². The van der Waals surface area contributed by atoms with Crippen LogP contribution >= 0.6 is 0 Å². The monoisotopic (exact) mass is 296 g/mol. The quantitative estimate of drug-likeness (QED) is 0.904. The van der Waals surface area contributed by atoms with Crippen molar-refractivity contribution in [1.29, 1.82) is 0 Å². The zero-order valence-corrected chi connectivity index (χ0v) is 14.2. The number of carbonyl (C=O) groups excluding carboxylic acids is 1. The predicted octanol–water partition coefficient (Wildman–Crippen LogP) is 3.41. The third-order valence-electron chi connectivity index (χ3n) is 3.15. The van der Waals surface area contributed by atoms with Crippen LogP contribution in [0.5, 0.6) is 0 Å². The minimum atomic E-state index is -0.461. The van der Waals surface area contributed by atoms with E-state index in [0.29, 0.717) is 13.1 Å². The van der Waals surface area contributed by atoms with Crippen molar-refractivity contribution >= 4 is 6.09 Å². The van der Waals surface area contributed by atoms with E-state index < -0.39 is 5.60 Å². The smallest absolute Gasteiger partial charge is 0.410 e. The fourth-order valence-electron chi connectivity index (χ4n) is 2.07. The second-order valence-corrected chi connectivity index (χ2v) is 6.45. The molecule has 1 aromatic rings. The van der Waals surface area contributed by atoms with Gasteiger partial charge in [0.25, 0.3) is 0 Å². The Bertz CT molecular complexity index is 474. The molecule has 1 rings (SSSR count). The number of furan rings is 1. The summed E-state index contributed by atoms with van der Waals surface area (Å²) in [7, 11) is 1.74. The SMILES string of the molecule is Cc1cc(C(C)NCCN(C)C(=O)OC(C)(C)C)c(C)o1. The topological polar surface area (TPSA) is 54.7 Å². The highest BCUT2D eigenvalue weighted by atomic mass is 16.6. The van der Waals surface area contributed by atoms with Crippen molar-refractivity contribution in [2.24, 2.45) is 0 Å². The third-order valence-corrected chi connectivity index (χ3v) is 3.15. The van der Waals surface area contributed by atoms with Crippen LogP contribution in [0.4, 0.5) is 4.79 Å². The molecule has 1 heterocycles. The largest absolute Gasteiger partial charge is 0.466 e. The van der Waals surface area contributed by atoms with Crippen LogP contribution in [0.1, 0.15) is 50.8 Å². The van der Waals surface area contributed by atoms with Gasteiger partial charge in [-0.25, -0.2) is 4.79 Å². The Hall–Kier alpha value is -1.49. The van der Waals surface area contributed by atoms with Crippen molar-refractivity contribution in [3.05, 3.63) is 23.2 Å². The van der Waals surface area contributed by atoms with E-state index in [2.05, 4.69) is 12.2 Å². The van der Waals surface area contributed by atoms with Crippen LogP contribution in [0.15, 0.2) is 10.5 Å². The summed E-state index contributed by atoms with van der Waals surface area (Å²) in [5.41, 5.74) is 0.699. The lowest BCUT2D eigenvalue weighted by atomic mass is 10.1. The van der Waals surface area contributed by atoms with E-state index in [1.807, 2.05) is 40.7 Å². The van der Waals surface area contributed by atoms with Gasteiger partial charge in [-0.1, -0.05) is 0 Å². The highest BCUT2D eigenvalue weighted by molar-refractivity contribution is 5.67. The molecule has 0 spiro atoms. The molecule has 0 saturated carbocycles. The van der Waals surface area contributed by atoms with Crippen LogP contribution in [0, 0.1) is 13.8 Å². The molecule has 5 nitrogen and oxygen atoms in total. The van der Waals surface area contributed by atoms with Gasteiger partial charge in [-0.15, -0.1) is 0 Å². The number of hydrogen-bond donors (Lipinski definition) is 1. The van der Waals surface area contributed by atoms with Gasteiger partial charge in [-0.2, -0.15) is 0 Å². The van der Waals surface area contributed by atoms with Crippen molar-refractivity contribution in [1.82, 2.24) is 10.2 Å². The molecule has 5 heteroatoms. The second kappa shape index (κ2) is 6.98. The molecule has 0 fully saturated rings. The number of carbonyl (C=O) groups is 1. The van der Waals surface area contributed by atoms with Crippen LogP contribution in [0.3, 0.4) is 0 Å². The molecule has 0 aromatic carbocycles. The van der Waals surface area contributed by atoms with Crippen molar-refractivity contribution in [2.75, 3.05) is 20.1 Å². The predicted molar refractivity (Wildman–Crippen MR) is 83.5 cm³/mol. The molecule has 1 amide bonds. The minimum Gasteiger partial charge on any atom is -0.466 e. The molecule has 1 atom stereocenters. The maximum Gasteiger partial charge on any atom is 0.410 e. The number of hydrogen-bond acceptors (Lipinski definition) is 4. The first-order valence-corrected chi connectivity index (χ1v) is 7.34. The standard InChI is InChI=1S/C16H28N2O3/c1-11-10-14(13(3)20-11)12(2)17-8-9-18(7)15(19)21-16(4,5)6/h10,12,17H,8-9H2,1-7H3. The fourth-order valence-corrected chi connectivity index (χ4v) is 2.07. The maximum absolute atomic E-state index is 11.8. The molecule has 1 unspecified atom stereocenters. The Kier molecular flexibility index (Phi) is 5.84. The molecule has 1 aromatic heterocycles. The molecule has 0 saturated heterocycles. The third kappa shape index (κ3) is 5.79. The number of aryl methyl sites for hydroxylation is 2. The lowest BCUT2D eigenvalue weighted by molar-refractivity contribution is 0.0299. The molecule has 0 aliphatic heterocycles. The van der Waals surface area contributed by atoms with Crippen LogP contribution in [-0.4, -0.2) is 36.7 Å². The Morgan fingerprint density at radius 2 is 2.05 bits per heavy atom. The zero-order chi connectivity index (χ0) is 16.2.